The van der Waals surface area contributed by atoms with Gasteiger partial charge >= 0.3 is 0 Å². The lowest BCUT2D eigenvalue weighted by molar-refractivity contribution is -0.122. The third-order valence-corrected chi connectivity index (χ3v) is 2.66. The Labute approximate surface area is 122 Å². The van der Waals surface area contributed by atoms with Crippen LogP contribution in [-0.4, -0.2) is 31.8 Å². The quantitative estimate of drug-likeness (QED) is 0.596. The van der Waals surface area contributed by atoms with Gasteiger partial charge in [0.15, 0.2) is 0 Å². The molecule has 2 rings (SSSR count). The van der Waals surface area contributed by atoms with E-state index in [2.05, 4.69) is 32.9 Å². The average molecular weight is 287 g/mol. The lowest BCUT2D eigenvalue weighted by Gasteiger charge is -2.06. The van der Waals surface area contributed by atoms with Crippen LogP contribution < -0.4 is 11.2 Å². The van der Waals surface area contributed by atoms with Crippen LogP contribution in [0.1, 0.15) is 25.3 Å². The Morgan fingerprint density at radius 3 is 2.76 bits per heavy atom. The van der Waals surface area contributed by atoms with E-state index in [1.807, 2.05) is 30.3 Å². The van der Waals surface area contributed by atoms with E-state index in [1.165, 1.54) is 0 Å². The van der Waals surface area contributed by atoms with E-state index in [0.29, 0.717) is 0 Å². The summed E-state index contributed by atoms with van der Waals surface area (Å²) in [6.45, 7) is 1.98. The number of hydrogen-bond acceptors (Lipinski definition) is 6. The van der Waals surface area contributed by atoms with Crippen LogP contribution in [0.3, 0.4) is 0 Å². The molecule has 0 bridgehead atoms. The van der Waals surface area contributed by atoms with Crippen LogP contribution in [-0.2, 0) is 11.3 Å². The zero-order valence-corrected chi connectivity index (χ0v) is 11.7. The molecule has 0 fully saturated rings. The summed E-state index contributed by atoms with van der Waals surface area (Å²) in [7, 11) is 0. The number of nitrogens with zero attached hydrogens (tertiary/aromatic N) is 5. The van der Waals surface area contributed by atoms with Gasteiger partial charge in [-0.25, -0.2) is 5.43 Å². The number of nitrogens with two attached hydrogens (primary N) is 1. The fraction of sp³-hybridized carbons (Fsp3) is 0.308. The molecule has 0 aliphatic heterocycles. The van der Waals surface area contributed by atoms with Gasteiger partial charge in [0.2, 0.25) is 0 Å². The van der Waals surface area contributed by atoms with E-state index >= 15 is 0 Å². The van der Waals surface area contributed by atoms with E-state index in [1.54, 1.807) is 0 Å². The predicted molar refractivity (Wildman–Crippen MR) is 78.3 cm³/mol. The highest BCUT2D eigenvalue weighted by Gasteiger charge is 2.07. The van der Waals surface area contributed by atoms with Crippen LogP contribution >= 0.6 is 0 Å². The maximum absolute atomic E-state index is 11.8. The first-order valence-electron chi connectivity index (χ1n) is 6.63. The van der Waals surface area contributed by atoms with Crippen molar-refractivity contribution in [1.29, 1.82) is 0 Å². The fourth-order valence-electron chi connectivity index (χ4n) is 1.75. The van der Waals surface area contributed by atoms with Crippen molar-refractivity contribution in [2.45, 2.75) is 26.3 Å². The Kier molecular flexibility index (Phi) is 4.97. The number of benzene rings is 1. The Bertz CT molecular complexity index is 620. The highest BCUT2D eigenvalue weighted by Crippen LogP contribution is 2.05. The van der Waals surface area contributed by atoms with Gasteiger partial charge in [0, 0.05) is 0 Å². The number of anilines is 1. The van der Waals surface area contributed by atoms with Crippen molar-refractivity contribution in [3.05, 3.63) is 35.9 Å². The molecule has 0 radical (unpaired) electrons. The van der Waals surface area contributed by atoms with Gasteiger partial charge in [-0.05, 0) is 17.2 Å². The number of hydrazone groups is 1. The molecule has 0 saturated carbocycles. The second-order valence-electron chi connectivity index (χ2n) is 4.39. The van der Waals surface area contributed by atoms with E-state index in [-0.39, 0.29) is 18.4 Å². The summed E-state index contributed by atoms with van der Waals surface area (Å²) in [4.78, 5) is 12.9. The minimum Gasteiger partial charge on any atom is -0.365 e. The Hall–Kier alpha value is -2.77. The summed E-state index contributed by atoms with van der Waals surface area (Å²) in [5.41, 5.74) is 9.65. The first kappa shape index (κ1) is 14.6. The summed E-state index contributed by atoms with van der Waals surface area (Å²) < 4.78 is 0. The molecule has 0 atom stereocenters. The van der Waals surface area contributed by atoms with Crippen molar-refractivity contribution >= 4 is 17.6 Å². The van der Waals surface area contributed by atoms with Crippen LogP contribution in [0, 0.1) is 0 Å². The van der Waals surface area contributed by atoms with E-state index in [0.717, 1.165) is 28.9 Å². The van der Waals surface area contributed by atoms with E-state index < -0.39 is 0 Å². The normalized spacial score (nSPS) is 11.4. The molecule has 0 unspecified atom stereocenters. The SMILES string of the molecule is CCC/C(=N/NC(=O)Cn1nnc(N)n1)c1ccccc1. The van der Waals surface area contributed by atoms with Crippen molar-refractivity contribution in [3.8, 4) is 0 Å². The number of nitrogen functional groups attached to an aromatic ring is 1. The Morgan fingerprint density at radius 2 is 2.14 bits per heavy atom. The molecule has 0 aliphatic carbocycles. The first-order valence-corrected chi connectivity index (χ1v) is 6.63. The maximum Gasteiger partial charge on any atom is 0.263 e. The number of carbonyl (C=O) groups excluding carboxylic acids is 1. The van der Waals surface area contributed by atoms with Gasteiger partial charge in [0.25, 0.3) is 11.9 Å². The summed E-state index contributed by atoms with van der Waals surface area (Å²) in [5.74, 6) is -0.306. The highest BCUT2D eigenvalue weighted by atomic mass is 16.2. The number of aromatic nitrogens is 4. The van der Waals surface area contributed by atoms with Crippen molar-refractivity contribution < 1.29 is 4.79 Å². The lowest BCUT2D eigenvalue weighted by atomic mass is 10.1. The number of nitrogens with one attached hydrogen (secondary N) is 1. The molecular formula is C13H17N7O. The van der Waals surface area contributed by atoms with Gasteiger partial charge in [0.05, 0.1) is 5.71 Å². The number of carbonyl (C=O) groups is 1. The van der Waals surface area contributed by atoms with E-state index in [4.69, 9.17) is 5.73 Å². The molecule has 2 aromatic rings. The topological polar surface area (TPSA) is 111 Å². The first-order chi connectivity index (χ1) is 10.2. The molecule has 8 nitrogen and oxygen atoms in total. The zero-order chi connectivity index (χ0) is 15.1. The molecule has 3 N–H and O–H groups in total. The molecular weight excluding hydrogens is 270 g/mol. The summed E-state index contributed by atoms with van der Waals surface area (Å²) in [6.07, 6.45) is 1.71. The molecule has 1 amide bonds. The van der Waals surface area contributed by atoms with Gasteiger partial charge in [-0.15, -0.1) is 5.10 Å². The number of amides is 1. The monoisotopic (exact) mass is 287 g/mol. The second kappa shape index (κ2) is 7.13. The largest absolute Gasteiger partial charge is 0.365 e. The highest BCUT2D eigenvalue weighted by molar-refractivity contribution is 6.01. The predicted octanol–water partition coefficient (Wildman–Crippen LogP) is 0.576. The second-order valence-corrected chi connectivity index (χ2v) is 4.39. The number of rotatable bonds is 6. The van der Waals surface area contributed by atoms with Crippen LogP contribution in [0.25, 0.3) is 0 Å². The summed E-state index contributed by atoms with van der Waals surface area (Å²) >= 11 is 0. The van der Waals surface area contributed by atoms with Gasteiger partial charge in [-0.1, -0.05) is 48.8 Å². The van der Waals surface area contributed by atoms with Crippen LogP contribution in [0.2, 0.25) is 0 Å². The molecule has 0 spiro atoms. The smallest absolute Gasteiger partial charge is 0.263 e. The zero-order valence-electron chi connectivity index (χ0n) is 11.7. The van der Waals surface area contributed by atoms with Crippen LogP contribution in [0.5, 0.6) is 0 Å². The standard InChI is InChI=1S/C13H17N7O/c1-2-6-11(10-7-4-3-5-8-10)15-16-12(21)9-20-18-13(14)17-19-20/h3-5,7-8H,2,6,9H2,1H3,(H2,14,18)(H,16,21)/b15-11-. The third-order valence-electron chi connectivity index (χ3n) is 2.66. The minimum atomic E-state index is -0.336. The number of tetrazole rings is 1. The van der Waals surface area contributed by atoms with Crippen LogP contribution in [0.4, 0.5) is 5.95 Å². The third kappa shape index (κ3) is 4.37. The van der Waals surface area contributed by atoms with Gasteiger partial charge in [0.1, 0.15) is 6.54 Å². The van der Waals surface area contributed by atoms with Crippen molar-refractivity contribution in [2.75, 3.05) is 5.73 Å². The molecule has 1 aromatic heterocycles. The molecule has 0 saturated heterocycles. The Morgan fingerprint density at radius 1 is 1.38 bits per heavy atom. The molecule has 8 heteroatoms. The molecule has 1 aromatic carbocycles. The average Bonchev–Trinajstić information content (AvgIpc) is 2.89. The number of hydrogen-bond donors (Lipinski definition) is 2. The molecule has 110 valence electrons. The summed E-state index contributed by atoms with van der Waals surface area (Å²) in [5, 5.41) is 15.0. The summed E-state index contributed by atoms with van der Waals surface area (Å²) in [6, 6.07) is 9.72. The maximum atomic E-state index is 11.8. The molecule has 0 aliphatic rings. The van der Waals surface area contributed by atoms with Gasteiger partial charge < -0.3 is 5.73 Å². The lowest BCUT2D eigenvalue weighted by Crippen LogP contribution is -2.26. The van der Waals surface area contributed by atoms with Gasteiger partial charge in [-0.3, -0.25) is 4.79 Å². The fourth-order valence-corrected chi connectivity index (χ4v) is 1.75. The molecule has 21 heavy (non-hydrogen) atoms. The van der Waals surface area contributed by atoms with Crippen molar-refractivity contribution in [3.63, 3.8) is 0 Å². The molecule has 1 heterocycles. The van der Waals surface area contributed by atoms with Crippen LogP contribution in [0.15, 0.2) is 35.4 Å². The Balaban J connectivity index is 2.00. The van der Waals surface area contributed by atoms with Gasteiger partial charge in [-0.2, -0.15) is 9.90 Å². The van der Waals surface area contributed by atoms with E-state index in [9.17, 15) is 4.79 Å². The van der Waals surface area contributed by atoms with Crippen molar-refractivity contribution in [1.82, 2.24) is 25.6 Å². The minimum absolute atomic E-state index is 0.0299. The van der Waals surface area contributed by atoms with Crippen molar-refractivity contribution in [2.24, 2.45) is 5.10 Å².